The number of benzene rings is 2. The molecule has 3 rings (SSSR count). The molecule has 0 aliphatic heterocycles. The van der Waals surface area contributed by atoms with E-state index in [4.69, 9.17) is 0 Å². The topological polar surface area (TPSA) is 63.2 Å². The molecule has 0 saturated heterocycles. The largest absolute Gasteiger partial charge is 0.355 e. The molecule has 0 fully saturated rings. The first-order chi connectivity index (χ1) is 12.4. The van der Waals surface area contributed by atoms with E-state index < -0.39 is 15.7 Å². The number of halogens is 1. The van der Waals surface area contributed by atoms with Gasteiger partial charge in [0.2, 0.25) is 15.7 Å². The Morgan fingerprint density at radius 2 is 1.92 bits per heavy atom. The quantitative estimate of drug-likeness (QED) is 0.868. The Balaban J connectivity index is 1.96. The minimum Gasteiger partial charge on any atom is -0.355 e. The molecule has 6 heteroatoms. The van der Waals surface area contributed by atoms with Crippen LogP contribution in [0.4, 0.5) is 4.39 Å². The zero-order valence-corrected chi connectivity index (χ0v) is 15.5. The van der Waals surface area contributed by atoms with Crippen LogP contribution in [0.15, 0.2) is 52.3 Å². The van der Waals surface area contributed by atoms with Crippen molar-refractivity contribution in [2.45, 2.75) is 48.3 Å². The highest BCUT2D eigenvalue weighted by atomic mass is 32.2. The lowest BCUT2D eigenvalue weighted by molar-refractivity contribution is -0.120. The molecule has 0 saturated carbocycles. The molecule has 0 aromatic heterocycles. The fourth-order valence-electron chi connectivity index (χ4n) is 3.45. The maximum Gasteiger partial charge on any atom is 0.219 e. The fraction of sp³-hybridized carbons (Fsp3) is 0.350. The summed E-state index contributed by atoms with van der Waals surface area (Å²) in [5.41, 5.74) is 1.26. The van der Waals surface area contributed by atoms with Crippen molar-refractivity contribution in [3.63, 3.8) is 0 Å². The Bertz CT molecular complexity index is 910. The maximum atomic E-state index is 14.9. The third kappa shape index (κ3) is 3.65. The van der Waals surface area contributed by atoms with Gasteiger partial charge in [-0.1, -0.05) is 25.1 Å². The second kappa shape index (κ2) is 7.58. The average molecular weight is 375 g/mol. The van der Waals surface area contributed by atoms with Crippen LogP contribution in [0.3, 0.4) is 0 Å². The second-order valence-electron chi connectivity index (χ2n) is 6.54. The zero-order valence-electron chi connectivity index (χ0n) is 14.7. The van der Waals surface area contributed by atoms with Crippen LogP contribution in [-0.4, -0.2) is 20.9 Å². The molecule has 26 heavy (non-hydrogen) atoms. The van der Waals surface area contributed by atoms with Crippen molar-refractivity contribution in [3.05, 3.63) is 59.4 Å². The summed E-state index contributed by atoms with van der Waals surface area (Å²) in [5.74, 6) is -0.698. The van der Waals surface area contributed by atoms with Gasteiger partial charge in [0.1, 0.15) is 5.82 Å². The third-order valence-corrected chi connectivity index (χ3v) is 6.58. The number of rotatable bonds is 5. The molecule has 0 heterocycles. The molecular weight excluding hydrogens is 353 g/mol. The van der Waals surface area contributed by atoms with E-state index in [2.05, 4.69) is 5.32 Å². The van der Waals surface area contributed by atoms with Gasteiger partial charge in [-0.05, 0) is 54.7 Å². The molecule has 2 aromatic carbocycles. The van der Waals surface area contributed by atoms with Crippen molar-refractivity contribution in [3.8, 4) is 0 Å². The van der Waals surface area contributed by atoms with Crippen LogP contribution >= 0.6 is 0 Å². The van der Waals surface area contributed by atoms with E-state index in [0.29, 0.717) is 24.9 Å². The molecule has 1 aliphatic carbocycles. The number of hydrogen-bond donors (Lipinski definition) is 1. The third-order valence-electron chi connectivity index (χ3n) is 4.83. The summed E-state index contributed by atoms with van der Waals surface area (Å²) >= 11 is 0. The van der Waals surface area contributed by atoms with Crippen molar-refractivity contribution in [1.82, 2.24) is 5.32 Å². The van der Waals surface area contributed by atoms with Crippen LogP contribution < -0.4 is 5.32 Å². The summed E-state index contributed by atoms with van der Waals surface area (Å²) in [6, 6.07) is 10.8. The first-order valence-corrected chi connectivity index (χ1v) is 10.3. The van der Waals surface area contributed by atoms with Crippen molar-refractivity contribution in [2.24, 2.45) is 0 Å². The van der Waals surface area contributed by atoms with Gasteiger partial charge < -0.3 is 5.32 Å². The van der Waals surface area contributed by atoms with Gasteiger partial charge in [-0.2, -0.15) is 0 Å². The van der Waals surface area contributed by atoms with Gasteiger partial charge in [0, 0.05) is 18.9 Å². The number of hydrogen-bond acceptors (Lipinski definition) is 3. The number of amides is 1. The maximum absolute atomic E-state index is 14.9. The molecule has 0 bridgehead atoms. The number of nitrogens with one attached hydrogen (secondary N) is 1. The summed E-state index contributed by atoms with van der Waals surface area (Å²) in [7, 11) is -3.75. The van der Waals surface area contributed by atoms with E-state index in [-0.39, 0.29) is 21.6 Å². The summed E-state index contributed by atoms with van der Waals surface area (Å²) in [6.07, 6.45) is 2.64. The van der Waals surface area contributed by atoms with E-state index in [0.717, 1.165) is 24.5 Å². The van der Waals surface area contributed by atoms with Gasteiger partial charge in [0.05, 0.1) is 9.79 Å². The summed E-state index contributed by atoms with van der Waals surface area (Å²) in [4.78, 5) is 11.6. The Labute approximate surface area is 153 Å². The SMILES string of the molecule is CCC(=O)NCC1CCCc2cc(S(=O)(=O)c3ccccc3)cc(F)c21. The van der Waals surface area contributed by atoms with Crippen molar-refractivity contribution < 1.29 is 17.6 Å². The Morgan fingerprint density at radius 1 is 1.19 bits per heavy atom. The monoisotopic (exact) mass is 375 g/mol. The van der Waals surface area contributed by atoms with Crippen LogP contribution in [0.2, 0.25) is 0 Å². The normalized spacial score (nSPS) is 16.8. The molecule has 1 amide bonds. The molecule has 1 atom stereocenters. The highest BCUT2D eigenvalue weighted by molar-refractivity contribution is 7.91. The van der Waals surface area contributed by atoms with E-state index >= 15 is 0 Å². The van der Waals surface area contributed by atoms with Crippen molar-refractivity contribution >= 4 is 15.7 Å². The lowest BCUT2D eigenvalue weighted by atomic mass is 9.82. The number of carbonyl (C=O) groups excluding carboxylic acids is 1. The van der Waals surface area contributed by atoms with Crippen LogP contribution in [0.5, 0.6) is 0 Å². The highest BCUT2D eigenvalue weighted by Gasteiger charge is 2.28. The number of carbonyl (C=O) groups is 1. The fourth-order valence-corrected chi connectivity index (χ4v) is 4.80. The first kappa shape index (κ1) is 18.6. The number of sulfone groups is 1. The van der Waals surface area contributed by atoms with Crippen LogP contribution in [-0.2, 0) is 21.1 Å². The van der Waals surface area contributed by atoms with E-state index in [9.17, 15) is 17.6 Å². The molecule has 1 unspecified atom stereocenters. The van der Waals surface area contributed by atoms with Crippen molar-refractivity contribution in [1.29, 1.82) is 0 Å². The lowest BCUT2D eigenvalue weighted by Crippen LogP contribution is -2.30. The predicted molar refractivity (Wildman–Crippen MR) is 97.3 cm³/mol. The van der Waals surface area contributed by atoms with Gasteiger partial charge in [0.25, 0.3) is 0 Å². The standard InChI is InChI=1S/C20H22FNO3S/c1-2-19(23)22-13-15-8-6-7-14-11-17(12-18(21)20(14)15)26(24,25)16-9-4-3-5-10-16/h3-5,9-12,15H,2,6-8,13H2,1H3,(H,22,23). The molecular formula is C20H22FNO3S. The molecule has 4 nitrogen and oxygen atoms in total. The first-order valence-electron chi connectivity index (χ1n) is 8.82. The molecule has 0 spiro atoms. The van der Waals surface area contributed by atoms with Crippen LogP contribution in [0, 0.1) is 5.82 Å². The van der Waals surface area contributed by atoms with E-state index in [1.165, 1.54) is 12.1 Å². The van der Waals surface area contributed by atoms with Gasteiger partial charge in [-0.25, -0.2) is 12.8 Å². The Kier molecular flexibility index (Phi) is 5.41. The van der Waals surface area contributed by atoms with Gasteiger partial charge >= 0.3 is 0 Å². The van der Waals surface area contributed by atoms with Gasteiger partial charge in [-0.15, -0.1) is 0 Å². The smallest absolute Gasteiger partial charge is 0.219 e. The molecule has 1 N–H and O–H groups in total. The predicted octanol–water partition coefficient (Wildman–Crippen LogP) is 3.60. The summed E-state index contributed by atoms with van der Waals surface area (Å²) < 4.78 is 40.4. The minimum atomic E-state index is -3.75. The van der Waals surface area contributed by atoms with Crippen molar-refractivity contribution in [2.75, 3.05) is 6.54 Å². The number of fused-ring (bicyclic) bond motifs is 1. The van der Waals surface area contributed by atoms with Crippen LogP contribution in [0.25, 0.3) is 0 Å². The zero-order chi connectivity index (χ0) is 18.7. The molecule has 138 valence electrons. The molecule has 2 aromatic rings. The second-order valence-corrected chi connectivity index (χ2v) is 8.49. The van der Waals surface area contributed by atoms with Gasteiger partial charge in [0.15, 0.2) is 0 Å². The Hall–Kier alpha value is -2.21. The molecule has 0 radical (unpaired) electrons. The van der Waals surface area contributed by atoms with Crippen LogP contribution in [0.1, 0.15) is 43.2 Å². The molecule has 1 aliphatic rings. The average Bonchev–Trinajstić information content (AvgIpc) is 2.66. The minimum absolute atomic E-state index is 0.0156. The Morgan fingerprint density at radius 3 is 2.62 bits per heavy atom. The summed E-state index contributed by atoms with van der Waals surface area (Å²) in [5, 5.41) is 2.82. The van der Waals surface area contributed by atoms with E-state index in [1.807, 2.05) is 0 Å². The number of aryl methyl sites for hydroxylation is 1. The van der Waals surface area contributed by atoms with E-state index in [1.54, 1.807) is 31.2 Å². The lowest BCUT2D eigenvalue weighted by Gasteiger charge is -2.27. The van der Waals surface area contributed by atoms with Gasteiger partial charge in [-0.3, -0.25) is 4.79 Å². The highest BCUT2D eigenvalue weighted by Crippen LogP contribution is 2.36. The summed E-state index contributed by atoms with van der Waals surface area (Å²) in [6.45, 7) is 2.15.